The van der Waals surface area contributed by atoms with Gasteiger partial charge in [0.2, 0.25) is 17.6 Å². The molecular weight excluding hydrogens is 573 g/mol. The van der Waals surface area contributed by atoms with Gasteiger partial charge in [-0.15, -0.1) is 10.2 Å². The number of rotatable bonds is 4. The Balaban J connectivity index is 1.44. The van der Waals surface area contributed by atoms with E-state index in [9.17, 15) is 28.7 Å². The van der Waals surface area contributed by atoms with E-state index in [2.05, 4.69) is 26.0 Å². The van der Waals surface area contributed by atoms with Crippen LogP contribution in [0.4, 0.5) is 9.18 Å². The summed E-state index contributed by atoms with van der Waals surface area (Å²) in [6.45, 7) is 5.16. The molecule has 3 aliphatic rings. The number of carbonyl (C=O) groups is 4. The fourth-order valence-corrected chi connectivity index (χ4v) is 5.82. The number of aromatic nitrogens is 4. The number of tetrazole rings is 1. The number of ether oxygens (including phenoxy) is 1. The van der Waals surface area contributed by atoms with Crippen molar-refractivity contribution < 1.29 is 33.4 Å². The predicted octanol–water partition coefficient (Wildman–Crippen LogP) is 2.99. The van der Waals surface area contributed by atoms with E-state index >= 15 is 0 Å². The molecule has 5 atom stereocenters. The molecule has 3 N–H and O–H groups in total. The van der Waals surface area contributed by atoms with E-state index in [-0.39, 0.29) is 31.1 Å². The number of carboxylic acid groups (broad SMARTS) is 1. The van der Waals surface area contributed by atoms with Gasteiger partial charge < -0.3 is 25.4 Å². The highest BCUT2D eigenvalue weighted by Crippen LogP contribution is 2.45. The first-order valence-electron chi connectivity index (χ1n) is 14.9. The normalized spacial score (nSPS) is 28.5. The van der Waals surface area contributed by atoms with Crippen LogP contribution in [0.15, 0.2) is 36.4 Å². The second-order valence-corrected chi connectivity index (χ2v) is 12.7. The highest BCUT2D eigenvalue weighted by molar-refractivity contribution is 5.96. The standard InChI is InChI=1S/C30H38FN7O6/c1-29(2,3)44-28(43)32-22-13-8-6-4-5-7-11-19-16-30(19,27(41)42)33-25(39)23-15-21(17-37(23)26(22)40)38-35-24(34-36-38)18-10-9-12-20(31)14-18/h7,9-12,14,19,21-23H,4-6,8,13,15-17H2,1-3H3,(H,32,43)(H,33,39)(H,41,42)/b11-7-/t19-,21+,22+,23+,30+/m1/s1. The Morgan fingerprint density at radius 1 is 1.20 bits per heavy atom. The van der Waals surface area contributed by atoms with Crippen LogP contribution < -0.4 is 10.6 Å². The van der Waals surface area contributed by atoms with Crippen LogP contribution in [0, 0.1) is 11.7 Å². The molecule has 44 heavy (non-hydrogen) atoms. The second kappa shape index (κ2) is 12.3. The van der Waals surface area contributed by atoms with Gasteiger partial charge in [0.1, 0.15) is 29.0 Å². The predicted molar refractivity (Wildman–Crippen MR) is 154 cm³/mol. The van der Waals surface area contributed by atoms with Gasteiger partial charge >= 0.3 is 12.1 Å². The molecule has 1 aromatic heterocycles. The largest absolute Gasteiger partial charge is 0.479 e. The van der Waals surface area contributed by atoms with Crippen molar-refractivity contribution in [2.45, 2.75) is 95.0 Å². The maximum atomic E-state index is 14.1. The number of nitrogens with one attached hydrogen (secondary N) is 2. The van der Waals surface area contributed by atoms with Gasteiger partial charge in [-0.05, 0) is 63.8 Å². The van der Waals surface area contributed by atoms with Crippen molar-refractivity contribution >= 4 is 23.9 Å². The molecule has 1 aliphatic carbocycles. The van der Waals surface area contributed by atoms with E-state index in [1.54, 1.807) is 26.8 Å². The molecule has 0 unspecified atom stereocenters. The van der Waals surface area contributed by atoms with Gasteiger partial charge in [-0.3, -0.25) is 9.59 Å². The Kier molecular flexibility index (Phi) is 8.71. The molecule has 2 aliphatic heterocycles. The van der Waals surface area contributed by atoms with Crippen molar-refractivity contribution in [3.05, 3.63) is 42.2 Å². The van der Waals surface area contributed by atoms with Crippen LogP contribution in [0.1, 0.15) is 71.8 Å². The molecular formula is C30H38FN7O6. The first-order chi connectivity index (χ1) is 20.9. The van der Waals surface area contributed by atoms with Gasteiger partial charge in [0.05, 0.1) is 6.04 Å². The zero-order valence-corrected chi connectivity index (χ0v) is 25.0. The molecule has 2 fully saturated rings. The summed E-state index contributed by atoms with van der Waals surface area (Å²) in [6, 6.07) is 3.10. The number of nitrogens with zero attached hydrogens (tertiary/aromatic N) is 5. The summed E-state index contributed by atoms with van der Waals surface area (Å²) in [7, 11) is 0. The molecule has 1 aromatic carbocycles. The van der Waals surface area contributed by atoms with Crippen molar-refractivity contribution in [3.8, 4) is 11.4 Å². The molecule has 5 rings (SSSR count). The molecule has 3 amide bonds. The summed E-state index contributed by atoms with van der Waals surface area (Å²) < 4.78 is 19.2. The number of benzene rings is 1. The lowest BCUT2D eigenvalue weighted by molar-refractivity contribution is -0.145. The summed E-state index contributed by atoms with van der Waals surface area (Å²) in [4.78, 5) is 55.6. The second-order valence-electron chi connectivity index (χ2n) is 12.7. The summed E-state index contributed by atoms with van der Waals surface area (Å²) in [5, 5.41) is 28.0. The average Bonchev–Trinajstić information content (AvgIpc) is 3.27. The third kappa shape index (κ3) is 6.89. The number of allylic oxidation sites excluding steroid dienone is 1. The van der Waals surface area contributed by atoms with Crippen LogP contribution in [0.5, 0.6) is 0 Å². The van der Waals surface area contributed by atoms with E-state index in [0.717, 1.165) is 19.3 Å². The lowest BCUT2D eigenvalue weighted by Crippen LogP contribution is -2.56. The molecule has 13 nitrogen and oxygen atoms in total. The number of halogens is 1. The first kappa shape index (κ1) is 31.1. The van der Waals surface area contributed by atoms with Crippen molar-refractivity contribution in [3.63, 3.8) is 0 Å². The van der Waals surface area contributed by atoms with Crippen molar-refractivity contribution in [1.82, 2.24) is 35.7 Å². The Morgan fingerprint density at radius 2 is 2.00 bits per heavy atom. The van der Waals surface area contributed by atoms with Crippen LogP contribution in [-0.4, -0.2) is 83.9 Å². The number of hydrogen-bond donors (Lipinski definition) is 3. The van der Waals surface area contributed by atoms with Crippen LogP contribution in [0.2, 0.25) is 0 Å². The maximum Gasteiger partial charge on any atom is 0.408 e. The third-order valence-electron chi connectivity index (χ3n) is 8.17. The number of aliphatic carboxylic acids is 1. The van der Waals surface area contributed by atoms with Crippen LogP contribution >= 0.6 is 0 Å². The first-order valence-corrected chi connectivity index (χ1v) is 14.9. The minimum Gasteiger partial charge on any atom is -0.479 e. The van der Waals surface area contributed by atoms with Gasteiger partial charge in [-0.25, -0.2) is 14.0 Å². The molecule has 0 spiro atoms. The van der Waals surface area contributed by atoms with Gasteiger partial charge in [-0.1, -0.05) is 37.1 Å². The van der Waals surface area contributed by atoms with Gasteiger partial charge in [0.15, 0.2) is 0 Å². The number of hydrogen-bond acceptors (Lipinski definition) is 8. The van der Waals surface area contributed by atoms with E-state index in [0.29, 0.717) is 18.4 Å². The Labute approximate surface area is 254 Å². The van der Waals surface area contributed by atoms with Crippen LogP contribution in [0.25, 0.3) is 11.4 Å². The number of alkyl carbamates (subject to hydrolysis) is 1. The minimum atomic E-state index is -1.45. The lowest BCUT2D eigenvalue weighted by atomic mass is 10.0. The van der Waals surface area contributed by atoms with Crippen molar-refractivity contribution in [2.24, 2.45) is 5.92 Å². The summed E-state index contributed by atoms with van der Waals surface area (Å²) >= 11 is 0. The fourth-order valence-electron chi connectivity index (χ4n) is 5.82. The third-order valence-corrected chi connectivity index (χ3v) is 8.17. The number of fused-ring (bicyclic) bond motifs is 2. The number of amides is 3. The highest BCUT2D eigenvalue weighted by atomic mass is 19.1. The van der Waals surface area contributed by atoms with E-state index < -0.39 is 59.0 Å². The van der Waals surface area contributed by atoms with Crippen LogP contribution in [0.3, 0.4) is 0 Å². The van der Waals surface area contributed by atoms with Crippen molar-refractivity contribution in [1.29, 1.82) is 0 Å². The molecule has 2 aromatic rings. The molecule has 0 bridgehead atoms. The Morgan fingerprint density at radius 3 is 2.73 bits per heavy atom. The van der Waals surface area contributed by atoms with E-state index in [1.165, 1.54) is 27.9 Å². The SMILES string of the molecule is CC(C)(C)OC(=O)N[C@H]1CCCCC/C=C\[C@@H]2C[C@]2(C(=O)O)NC(=O)[C@@H]2C[C@H](n3nnc(-c4cccc(F)c4)n3)CN2C1=O. The van der Waals surface area contributed by atoms with E-state index in [1.807, 2.05) is 12.2 Å². The van der Waals surface area contributed by atoms with Gasteiger partial charge in [0.25, 0.3) is 0 Å². The zero-order valence-electron chi connectivity index (χ0n) is 25.0. The summed E-state index contributed by atoms with van der Waals surface area (Å²) in [5.74, 6) is -2.89. The van der Waals surface area contributed by atoms with Gasteiger partial charge in [0, 0.05) is 24.4 Å². The smallest absolute Gasteiger partial charge is 0.408 e. The maximum absolute atomic E-state index is 14.1. The van der Waals surface area contributed by atoms with E-state index in [4.69, 9.17) is 4.74 Å². The van der Waals surface area contributed by atoms with Gasteiger partial charge in [-0.2, -0.15) is 4.80 Å². The minimum absolute atomic E-state index is 0.00573. The van der Waals surface area contributed by atoms with Crippen molar-refractivity contribution in [2.75, 3.05) is 6.54 Å². The van der Waals surface area contributed by atoms with Crippen LogP contribution in [-0.2, 0) is 19.1 Å². The summed E-state index contributed by atoms with van der Waals surface area (Å²) in [5.41, 5.74) is -1.83. The monoisotopic (exact) mass is 611 g/mol. The quantitative estimate of drug-likeness (QED) is 0.440. The molecule has 14 heteroatoms. The topological polar surface area (TPSA) is 169 Å². The molecule has 0 radical (unpaired) electrons. The molecule has 3 heterocycles. The fraction of sp³-hybridized carbons (Fsp3) is 0.567. The zero-order chi connectivity index (χ0) is 31.6. The molecule has 1 saturated heterocycles. The Hall–Kier alpha value is -4.36. The highest BCUT2D eigenvalue weighted by Gasteiger charge is 2.61. The number of carbonyl (C=O) groups excluding carboxylic acids is 3. The summed E-state index contributed by atoms with van der Waals surface area (Å²) in [6.07, 6.45) is 6.65. The lowest BCUT2D eigenvalue weighted by Gasteiger charge is -2.30. The Bertz CT molecular complexity index is 1460. The molecule has 236 valence electrons. The number of carboxylic acids is 1. The molecule has 1 saturated carbocycles. The average molecular weight is 612 g/mol.